The molecule has 1 amide bonds. The minimum atomic E-state index is -0.702. The number of nitrogens with zero attached hydrogens (tertiary/aromatic N) is 3. The molecule has 7 nitrogen and oxygen atoms in total. The smallest absolute Gasteiger partial charge is 0.350 e. The van der Waals surface area contributed by atoms with E-state index >= 15 is 0 Å². The number of amides is 1. The average molecular weight is 392 g/mol. The molecular weight excluding hydrogens is 368 g/mol. The molecule has 1 aromatic heterocycles. The summed E-state index contributed by atoms with van der Waals surface area (Å²) in [6, 6.07) is 16.2. The molecule has 0 saturated heterocycles. The van der Waals surface area contributed by atoms with Crippen LogP contribution in [-0.4, -0.2) is 26.8 Å². The minimum Gasteiger partial charge on any atom is -0.350 e. The first-order valence-electron chi connectivity index (χ1n) is 9.50. The van der Waals surface area contributed by atoms with Crippen molar-refractivity contribution in [1.29, 1.82) is 0 Å². The van der Waals surface area contributed by atoms with E-state index in [1.54, 1.807) is 24.3 Å². The van der Waals surface area contributed by atoms with Crippen LogP contribution >= 0.6 is 0 Å². The van der Waals surface area contributed by atoms with E-state index in [4.69, 9.17) is 0 Å². The molecular formula is C22H24N4O3. The lowest BCUT2D eigenvalue weighted by Gasteiger charge is -2.13. The molecule has 0 radical (unpaired) electrons. The average Bonchev–Trinajstić information content (AvgIpc) is 2.71. The summed E-state index contributed by atoms with van der Waals surface area (Å²) >= 11 is 0. The summed E-state index contributed by atoms with van der Waals surface area (Å²) in [5.41, 5.74) is 0.659. The Balaban J connectivity index is 2.17. The van der Waals surface area contributed by atoms with E-state index in [9.17, 15) is 14.4 Å². The molecule has 1 heterocycles. The van der Waals surface area contributed by atoms with E-state index < -0.39 is 17.2 Å². The van der Waals surface area contributed by atoms with E-state index in [1.165, 1.54) is 0 Å². The Morgan fingerprint density at radius 1 is 1.03 bits per heavy atom. The van der Waals surface area contributed by atoms with Crippen molar-refractivity contribution in [3.8, 4) is 5.69 Å². The molecule has 7 heteroatoms. The first kappa shape index (κ1) is 20.3. The van der Waals surface area contributed by atoms with Gasteiger partial charge >= 0.3 is 5.69 Å². The van der Waals surface area contributed by atoms with Crippen molar-refractivity contribution in [2.24, 2.45) is 5.92 Å². The Morgan fingerprint density at radius 3 is 2.34 bits per heavy atom. The maximum Gasteiger partial charge on any atom is 0.352 e. The minimum absolute atomic E-state index is 0.0597. The predicted octanol–water partition coefficient (Wildman–Crippen LogP) is 2.14. The number of nitrogens with one attached hydrogen (secondary N) is 1. The van der Waals surface area contributed by atoms with Gasteiger partial charge in [-0.2, -0.15) is 9.78 Å². The van der Waals surface area contributed by atoms with Crippen LogP contribution in [0.2, 0.25) is 0 Å². The molecule has 2 aromatic carbocycles. The van der Waals surface area contributed by atoms with E-state index in [0.717, 1.165) is 20.4 Å². The quantitative estimate of drug-likeness (QED) is 0.696. The molecule has 0 spiro atoms. The van der Waals surface area contributed by atoms with Crippen LogP contribution in [0.25, 0.3) is 5.69 Å². The Labute approximate surface area is 168 Å². The zero-order chi connectivity index (χ0) is 21.0. The second-order valence-electron chi connectivity index (χ2n) is 7.30. The fourth-order valence-electron chi connectivity index (χ4n) is 2.87. The Hall–Kier alpha value is -3.48. The van der Waals surface area contributed by atoms with Crippen molar-refractivity contribution in [3.05, 3.63) is 92.3 Å². The van der Waals surface area contributed by atoms with Gasteiger partial charge < -0.3 is 5.32 Å². The summed E-state index contributed by atoms with van der Waals surface area (Å²) in [4.78, 5) is 38.7. The third kappa shape index (κ3) is 4.51. The molecule has 29 heavy (non-hydrogen) atoms. The SMILES string of the molecule is Cc1ccccc1Cn1c(=O)c(C(=O)NCC(C)C)nn(-c2ccccc2)c1=O. The number of aryl methyl sites for hydroxylation is 1. The lowest BCUT2D eigenvalue weighted by Crippen LogP contribution is -2.46. The Bertz CT molecular complexity index is 1130. The van der Waals surface area contributed by atoms with Crippen LogP contribution in [0.3, 0.4) is 0 Å². The van der Waals surface area contributed by atoms with Gasteiger partial charge in [0, 0.05) is 6.54 Å². The van der Waals surface area contributed by atoms with Gasteiger partial charge in [0.1, 0.15) is 0 Å². The fourth-order valence-corrected chi connectivity index (χ4v) is 2.87. The Morgan fingerprint density at radius 2 is 1.69 bits per heavy atom. The number of hydrogen-bond donors (Lipinski definition) is 1. The monoisotopic (exact) mass is 392 g/mol. The fraction of sp³-hybridized carbons (Fsp3) is 0.273. The Kier molecular flexibility index (Phi) is 6.07. The molecule has 0 aliphatic rings. The number of hydrogen-bond acceptors (Lipinski definition) is 4. The van der Waals surface area contributed by atoms with Crippen molar-refractivity contribution in [1.82, 2.24) is 19.7 Å². The molecule has 3 aromatic rings. The summed E-state index contributed by atoms with van der Waals surface area (Å²) in [7, 11) is 0. The summed E-state index contributed by atoms with van der Waals surface area (Å²) in [6.07, 6.45) is 0. The number of carbonyl (C=O) groups excluding carboxylic acids is 1. The van der Waals surface area contributed by atoms with E-state index in [2.05, 4.69) is 10.4 Å². The molecule has 150 valence electrons. The van der Waals surface area contributed by atoms with Gasteiger partial charge in [0.05, 0.1) is 12.2 Å². The summed E-state index contributed by atoms with van der Waals surface area (Å²) in [5.74, 6) is -0.375. The van der Waals surface area contributed by atoms with Crippen molar-refractivity contribution < 1.29 is 4.79 Å². The van der Waals surface area contributed by atoms with Crippen molar-refractivity contribution >= 4 is 5.91 Å². The van der Waals surface area contributed by atoms with Gasteiger partial charge in [-0.3, -0.25) is 14.2 Å². The van der Waals surface area contributed by atoms with Gasteiger partial charge in [0.15, 0.2) is 0 Å². The number of carbonyl (C=O) groups is 1. The van der Waals surface area contributed by atoms with Gasteiger partial charge in [-0.25, -0.2) is 4.79 Å². The zero-order valence-corrected chi connectivity index (χ0v) is 16.8. The lowest BCUT2D eigenvalue weighted by atomic mass is 10.1. The van der Waals surface area contributed by atoms with Crippen LogP contribution in [-0.2, 0) is 6.54 Å². The van der Waals surface area contributed by atoms with Gasteiger partial charge in [-0.15, -0.1) is 0 Å². The number of aromatic nitrogens is 3. The predicted molar refractivity (Wildman–Crippen MR) is 112 cm³/mol. The molecule has 3 rings (SSSR count). The van der Waals surface area contributed by atoms with Crippen molar-refractivity contribution in [3.63, 3.8) is 0 Å². The number of para-hydroxylation sites is 1. The standard InChI is InChI=1S/C22H24N4O3/c1-15(2)13-23-20(27)19-21(28)25(14-17-10-8-7-9-16(17)3)22(29)26(24-19)18-11-5-4-6-12-18/h4-12,15H,13-14H2,1-3H3,(H,23,27). The van der Waals surface area contributed by atoms with Gasteiger partial charge in [0.2, 0.25) is 5.69 Å². The van der Waals surface area contributed by atoms with Gasteiger partial charge in [0.25, 0.3) is 11.5 Å². The highest BCUT2D eigenvalue weighted by Gasteiger charge is 2.20. The van der Waals surface area contributed by atoms with Gasteiger partial charge in [-0.1, -0.05) is 56.3 Å². The second-order valence-corrected chi connectivity index (χ2v) is 7.30. The van der Waals surface area contributed by atoms with E-state index in [0.29, 0.717) is 12.2 Å². The highest BCUT2D eigenvalue weighted by atomic mass is 16.2. The van der Waals surface area contributed by atoms with Crippen LogP contribution in [0.4, 0.5) is 0 Å². The van der Waals surface area contributed by atoms with Crippen LogP contribution in [0.15, 0.2) is 64.2 Å². The first-order valence-corrected chi connectivity index (χ1v) is 9.50. The third-order valence-electron chi connectivity index (χ3n) is 4.54. The van der Waals surface area contributed by atoms with E-state index in [-0.39, 0.29) is 18.2 Å². The van der Waals surface area contributed by atoms with Crippen LogP contribution in [0, 0.1) is 12.8 Å². The zero-order valence-electron chi connectivity index (χ0n) is 16.8. The maximum absolute atomic E-state index is 13.1. The summed E-state index contributed by atoms with van der Waals surface area (Å²) in [6.45, 7) is 6.28. The number of rotatable bonds is 6. The molecule has 0 unspecified atom stereocenters. The van der Waals surface area contributed by atoms with Crippen LogP contribution in [0.5, 0.6) is 0 Å². The molecule has 0 aliphatic heterocycles. The summed E-state index contributed by atoms with van der Waals surface area (Å²) < 4.78 is 2.16. The molecule has 0 atom stereocenters. The van der Waals surface area contributed by atoms with Crippen molar-refractivity contribution in [2.75, 3.05) is 6.54 Å². The van der Waals surface area contributed by atoms with E-state index in [1.807, 2.05) is 51.1 Å². The van der Waals surface area contributed by atoms with Crippen LogP contribution in [0.1, 0.15) is 35.5 Å². The molecule has 1 N–H and O–H groups in total. The summed E-state index contributed by atoms with van der Waals surface area (Å²) in [5, 5.41) is 6.81. The largest absolute Gasteiger partial charge is 0.352 e. The van der Waals surface area contributed by atoms with Crippen LogP contribution < -0.4 is 16.6 Å². The third-order valence-corrected chi connectivity index (χ3v) is 4.54. The second kappa shape index (κ2) is 8.68. The highest BCUT2D eigenvalue weighted by Crippen LogP contribution is 2.08. The molecule has 0 aliphatic carbocycles. The molecule has 0 fully saturated rings. The molecule has 0 saturated carbocycles. The topological polar surface area (TPSA) is 86.0 Å². The first-order chi connectivity index (χ1) is 13.9. The number of benzene rings is 2. The normalized spacial score (nSPS) is 10.9. The van der Waals surface area contributed by atoms with Crippen molar-refractivity contribution in [2.45, 2.75) is 27.3 Å². The molecule has 0 bridgehead atoms. The highest BCUT2D eigenvalue weighted by molar-refractivity contribution is 5.91. The maximum atomic E-state index is 13.1. The lowest BCUT2D eigenvalue weighted by molar-refractivity contribution is 0.0939. The van der Waals surface area contributed by atoms with Gasteiger partial charge in [-0.05, 0) is 36.1 Å².